The fourth-order valence-electron chi connectivity index (χ4n) is 3.57. The van der Waals surface area contributed by atoms with Crippen LogP contribution in [-0.2, 0) is 11.2 Å². The Morgan fingerprint density at radius 1 is 1.14 bits per heavy atom. The minimum Gasteiger partial charge on any atom is -0.355 e. The van der Waals surface area contributed by atoms with E-state index in [2.05, 4.69) is 20.4 Å². The van der Waals surface area contributed by atoms with Crippen LogP contribution < -0.4 is 10.2 Å². The van der Waals surface area contributed by atoms with Crippen molar-refractivity contribution in [2.45, 2.75) is 25.3 Å². The van der Waals surface area contributed by atoms with Crippen LogP contribution in [0.1, 0.15) is 18.4 Å². The number of rotatable bonds is 5. The van der Waals surface area contributed by atoms with Gasteiger partial charge >= 0.3 is 0 Å². The first-order chi connectivity index (χ1) is 14.1. The lowest BCUT2D eigenvalue weighted by Gasteiger charge is -2.32. The molecular weight excluding hydrogens is 391 g/mol. The van der Waals surface area contributed by atoms with E-state index in [4.69, 9.17) is 11.6 Å². The predicted molar refractivity (Wildman–Crippen MR) is 113 cm³/mol. The quantitative estimate of drug-likeness (QED) is 0.660. The molecule has 5 nitrogen and oxygen atoms in total. The van der Waals surface area contributed by atoms with E-state index in [1.807, 2.05) is 18.2 Å². The molecule has 2 heterocycles. The summed E-state index contributed by atoms with van der Waals surface area (Å²) in [5, 5.41) is 11.2. The largest absolute Gasteiger partial charge is 0.355 e. The van der Waals surface area contributed by atoms with Crippen LogP contribution in [0.3, 0.4) is 0 Å². The molecule has 0 aliphatic carbocycles. The van der Waals surface area contributed by atoms with Gasteiger partial charge in [-0.2, -0.15) is 5.10 Å². The van der Waals surface area contributed by atoms with Gasteiger partial charge in [0.25, 0.3) is 0 Å². The second-order valence-corrected chi connectivity index (χ2v) is 7.72. The van der Waals surface area contributed by atoms with E-state index in [1.54, 1.807) is 24.3 Å². The highest BCUT2D eigenvalue weighted by Gasteiger charge is 2.22. The average Bonchev–Trinajstić information content (AvgIpc) is 3.21. The van der Waals surface area contributed by atoms with E-state index in [1.165, 1.54) is 12.1 Å². The summed E-state index contributed by atoms with van der Waals surface area (Å²) in [6, 6.07) is 15.8. The van der Waals surface area contributed by atoms with E-state index in [0.717, 1.165) is 48.6 Å². The SMILES string of the molecule is O=C(Cc1ccc(Cl)cc1)NC1CCN(c2cc(-c3ccc(F)cc3)[nH]n2)CC1. The lowest BCUT2D eigenvalue weighted by atomic mass is 10.0. The highest BCUT2D eigenvalue weighted by molar-refractivity contribution is 6.30. The predicted octanol–water partition coefficient (Wildman–Crippen LogP) is 4.20. The molecule has 0 radical (unpaired) electrons. The Labute approximate surface area is 173 Å². The third-order valence-corrected chi connectivity index (χ3v) is 5.43. The smallest absolute Gasteiger partial charge is 0.224 e. The number of nitrogens with one attached hydrogen (secondary N) is 2. The van der Waals surface area contributed by atoms with Gasteiger partial charge in [0.05, 0.1) is 12.1 Å². The van der Waals surface area contributed by atoms with Crippen molar-refractivity contribution >= 4 is 23.3 Å². The van der Waals surface area contributed by atoms with Gasteiger partial charge in [-0.15, -0.1) is 0 Å². The van der Waals surface area contributed by atoms with Crippen LogP contribution in [0.5, 0.6) is 0 Å². The molecular formula is C22H22ClFN4O. The van der Waals surface area contributed by atoms with Crippen LogP contribution in [0.25, 0.3) is 11.3 Å². The van der Waals surface area contributed by atoms with Gasteiger partial charge < -0.3 is 10.2 Å². The Morgan fingerprint density at radius 3 is 2.52 bits per heavy atom. The van der Waals surface area contributed by atoms with Crippen molar-refractivity contribution in [3.05, 3.63) is 71.0 Å². The number of hydrogen-bond acceptors (Lipinski definition) is 3. The maximum Gasteiger partial charge on any atom is 0.224 e. The summed E-state index contributed by atoms with van der Waals surface area (Å²) in [6.07, 6.45) is 2.09. The minimum atomic E-state index is -0.256. The van der Waals surface area contributed by atoms with Crippen LogP contribution in [0, 0.1) is 5.82 Å². The average molecular weight is 413 g/mol. The first-order valence-electron chi connectivity index (χ1n) is 9.67. The zero-order chi connectivity index (χ0) is 20.2. The number of anilines is 1. The molecule has 1 aliphatic heterocycles. The van der Waals surface area contributed by atoms with Gasteiger partial charge in [0, 0.05) is 30.2 Å². The van der Waals surface area contributed by atoms with Crippen LogP contribution in [0.15, 0.2) is 54.6 Å². The fraction of sp³-hybridized carbons (Fsp3) is 0.273. The summed E-state index contributed by atoms with van der Waals surface area (Å²) >= 11 is 5.88. The first-order valence-corrected chi connectivity index (χ1v) is 10.0. The molecule has 7 heteroatoms. The first kappa shape index (κ1) is 19.5. The molecule has 0 saturated carbocycles. The molecule has 0 spiro atoms. The van der Waals surface area contributed by atoms with E-state index < -0.39 is 0 Å². The Hall–Kier alpha value is -2.86. The second kappa shape index (κ2) is 8.66. The standard InChI is InChI=1S/C22H22ClFN4O/c23-17-5-1-15(2-6-17)13-22(29)25-19-9-11-28(12-10-19)21-14-20(26-27-21)16-3-7-18(24)8-4-16/h1-8,14,19H,9-13H2,(H,25,29)(H,26,27). The zero-order valence-corrected chi connectivity index (χ0v) is 16.6. The normalized spacial score (nSPS) is 14.8. The highest BCUT2D eigenvalue weighted by Crippen LogP contribution is 2.24. The molecule has 3 aromatic rings. The molecule has 1 saturated heterocycles. The minimum absolute atomic E-state index is 0.0316. The lowest BCUT2D eigenvalue weighted by Crippen LogP contribution is -2.45. The van der Waals surface area contributed by atoms with E-state index in [0.29, 0.717) is 11.4 Å². The fourth-order valence-corrected chi connectivity index (χ4v) is 3.70. The summed E-state index contributed by atoms with van der Waals surface area (Å²) in [6.45, 7) is 1.64. The Kier molecular flexibility index (Phi) is 5.81. The topological polar surface area (TPSA) is 61.0 Å². The van der Waals surface area contributed by atoms with E-state index in [9.17, 15) is 9.18 Å². The van der Waals surface area contributed by atoms with E-state index >= 15 is 0 Å². The van der Waals surface area contributed by atoms with Gasteiger partial charge in [0.1, 0.15) is 5.82 Å². The molecule has 150 valence electrons. The molecule has 2 N–H and O–H groups in total. The summed E-state index contributed by atoms with van der Waals surface area (Å²) in [5.41, 5.74) is 2.71. The van der Waals surface area contributed by atoms with Crippen molar-refractivity contribution in [2.24, 2.45) is 0 Å². The van der Waals surface area contributed by atoms with Crippen molar-refractivity contribution < 1.29 is 9.18 Å². The Balaban J connectivity index is 1.28. The number of carbonyl (C=O) groups excluding carboxylic acids is 1. The maximum atomic E-state index is 13.1. The molecule has 0 atom stereocenters. The summed E-state index contributed by atoms with van der Waals surface area (Å²) < 4.78 is 13.1. The number of benzene rings is 2. The number of carbonyl (C=O) groups is 1. The lowest BCUT2D eigenvalue weighted by molar-refractivity contribution is -0.121. The molecule has 1 aliphatic rings. The van der Waals surface area contributed by atoms with Crippen molar-refractivity contribution in [3.8, 4) is 11.3 Å². The monoisotopic (exact) mass is 412 g/mol. The number of aromatic amines is 1. The molecule has 4 rings (SSSR count). The van der Waals surface area contributed by atoms with Crippen LogP contribution in [0.4, 0.5) is 10.2 Å². The summed E-state index contributed by atoms with van der Waals surface area (Å²) in [7, 11) is 0. The molecule has 29 heavy (non-hydrogen) atoms. The van der Waals surface area contributed by atoms with Crippen molar-refractivity contribution in [2.75, 3.05) is 18.0 Å². The molecule has 0 bridgehead atoms. The summed E-state index contributed by atoms with van der Waals surface area (Å²) in [5.74, 6) is 0.646. The molecule has 1 aromatic heterocycles. The third-order valence-electron chi connectivity index (χ3n) is 5.18. The molecule has 1 fully saturated rings. The number of H-pyrrole nitrogens is 1. The van der Waals surface area contributed by atoms with Gasteiger partial charge in [0.2, 0.25) is 5.91 Å². The number of halogens is 2. The third kappa shape index (κ3) is 4.95. The van der Waals surface area contributed by atoms with Crippen LogP contribution >= 0.6 is 11.6 Å². The van der Waals surface area contributed by atoms with Gasteiger partial charge in [-0.05, 0) is 60.4 Å². The molecule has 0 unspecified atom stereocenters. The van der Waals surface area contributed by atoms with E-state index in [-0.39, 0.29) is 17.8 Å². The number of amides is 1. The number of aromatic nitrogens is 2. The maximum absolute atomic E-state index is 13.1. The van der Waals surface area contributed by atoms with Crippen molar-refractivity contribution in [1.29, 1.82) is 0 Å². The van der Waals surface area contributed by atoms with Crippen LogP contribution in [0.2, 0.25) is 5.02 Å². The van der Waals surface area contributed by atoms with Gasteiger partial charge in [-0.25, -0.2) is 4.39 Å². The second-order valence-electron chi connectivity index (χ2n) is 7.28. The van der Waals surface area contributed by atoms with Crippen molar-refractivity contribution in [1.82, 2.24) is 15.5 Å². The highest BCUT2D eigenvalue weighted by atomic mass is 35.5. The van der Waals surface area contributed by atoms with Gasteiger partial charge in [0.15, 0.2) is 5.82 Å². The molecule has 1 amide bonds. The van der Waals surface area contributed by atoms with Gasteiger partial charge in [-0.3, -0.25) is 9.89 Å². The number of piperidine rings is 1. The Bertz CT molecular complexity index is 963. The zero-order valence-electron chi connectivity index (χ0n) is 15.9. The van der Waals surface area contributed by atoms with Crippen molar-refractivity contribution in [3.63, 3.8) is 0 Å². The molecule has 2 aromatic carbocycles. The summed E-state index contributed by atoms with van der Waals surface area (Å²) in [4.78, 5) is 14.5. The van der Waals surface area contributed by atoms with Gasteiger partial charge in [-0.1, -0.05) is 23.7 Å². The number of nitrogens with zero attached hydrogens (tertiary/aromatic N) is 2. The van der Waals surface area contributed by atoms with Crippen LogP contribution in [-0.4, -0.2) is 35.2 Å². The Morgan fingerprint density at radius 2 is 1.83 bits per heavy atom. The number of hydrogen-bond donors (Lipinski definition) is 2.